The summed E-state index contributed by atoms with van der Waals surface area (Å²) in [5.74, 6) is -0.730. The number of esters is 1. The van der Waals surface area contributed by atoms with Gasteiger partial charge in [-0.05, 0) is 66.2 Å². The second-order valence-electron chi connectivity index (χ2n) is 10.2. The van der Waals surface area contributed by atoms with Crippen LogP contribution < -0.4 is 9.97 Å². The summed E-state index contributed by atoms with van der Waals surface area (Å²) >= 11 is 0. The number of rotatable bonds is 7. The summed E-state index contributed by atoms with van der Waals surface area (Å²) in [7, 11) is -0.516. The summed E-state index contributed by atoms with van der Waals surface area (Å²) < 4.78 is 37.3. The van der Waals surface area contributed by atoms with Crippen LogP contribution in [0.15, 0.2) is 12.1 Å². The van der Waals surface area contributed by atoms with Gasteiger partial charge in [-0.25, -0.2) is 9.18 Å². The number of ether oxygens (including phenoxy) is 2. The van der Waals surface area contributed by atoms with Gasteiger partial charge in [-0.3, -0.25) is 4.79 Å². The number of aryl methyl sites for hydroxylation is 1. The first kappa shape index (κ1) is 26.0. The van der Waals surface area contributed by atoms with Crippen molar-refractivity contribution in [1.82, 2.24) is 5.32 Å². The number of carbonyl (C=O) groups excluding carboxylic acids is 2. The van der Waals surface area contributed by atoms with Gasteiger partial charge in [0.2, 0.25) is 0 Å². The van der Waals surface area contributed by atoms with Gasteiger partial charge >= 0.3 is 19.2 Å². The van der Waals surface area contributed by atoms with Gasteiger partial charge in [0.15, 0.2) is 0 Å². The molecule has 0 spiro atoms. The van der Waals surface area contributed by atoms with Crippen molar-refractivity contribution in [3.63, 3.8) is 0 Å². The van der Waals surface area contributed by atoms with E-state index >= 15 is 4.39 Å². The van der Waals surface area contributed by atoms with Crippen molar-refractivity contribution in [2.24, 2.45) is 0 Å². The van der Waals surface area contributed by atoms with Crippen LogP contribution >= 0.6 is 0 Å². The van der Waals surface area contributed by atoms with Crippen LogP contribution in [0, 0.1) is 12.7 Å². The molecule has 0 saturated carbocycles. The SMILES string of the molecule is CCOC(=O)CC(NC(=O)OC(C)(C)C)c1cc(OB2OC(C)(C)C2(C)C)cc(C)c1F. The minimum absolute atomic E-state index is 0.107. The summed E-state index contributed by atoms with van der Waals surface area (Å²) in [5, 5.41) is 2.33. The quantitative estimate of drug-likeness (QED) is 0.458. The van der Waals surface area contributed by atoms with Crippen LogP contribution in [0.5, 0.6) is 5.75 Å². The minimum atomic E-state index is -1.00. The van der Waals surface area contributed by atoms with Crippen molar-refractivity contribution in [2.75, 3.05) is 6.61 Å². The molecule has 0 aromatic heterocycles. The van der Waals surface area contributed by atoms with Crippen LogP contribution in [0.1, 0.15) is 79.0 Å². The van der Waals surface area contributed by atoms with E-state index in [9.17, 15) is 9.59 Å². The van der Waals surface area contributed by atoms with Crippen molar-refractivity contribution in [3.8, 4) is 5.75 Å². The van der Waals surface area contributed by atoms with Gasteiger partial charge in [0.25, 0.3) is 0 Å². The summed E-state index contributed by atoms with van der Waals surface area (Å²) in [4.78, 5) is 24.6. The third kappa shape index (κ3) is 5.94. The molecule has 1 amide bonds. The molecule has 0 radical (unpaired) electrons. The third-order valence-electron chi connectivity index (χ3n) is 5.78. The molecule has 1 saturated heterocycles. The topological polar surface area (TPSA) is 83.1 Å². The lowest BCUT2D eigenvalue weighted by atomic mass is 9.45. The number of nitrogens with one attached hydrogen (secondary N) is 1. The highest BCUT2D eigenvalue weighted by Gasteiger charge is 2.62. The molecule has 0 aliphatic carbocycles. The van der Waals surface area contributed by atoms with Crippen LogP contribution in [-0.2, 0) is 18.9 Å². The smallest absolute Gasteiger partial charge is 0.534 e. The second-order valence-corrected chi connectivity index (χ2v) is 10.2. The number of alkyl carbamates (subject to hydrolysis) is 1. The highest BCUT2D eigenvalue weighted by Crippen LogP contribution is 2.53. The molecule has 1 fully saturated rings. The van der Waals surface area contributed by atoms with E-state index in [-0.39, 0.29) is 29.5 Å². The molecular weight excluding hydrogens is 416 g/mol. The highest BCUT2D eigenvalue weighted by molar-refractivity contribution is 6.53. The van der Waals surface area contributed by atoms with Crippen LogP contribution in [-0.4, -0.2) is 37.0 Å². The van der Waals surface area contributed by atoms with E-state index in [1.54, 1.807) is 40.7 Å². The van der Waals surface area contributed by atoms with Gasteiger partial charge in [0, 0.05) is 10.9 Å². The number of amides is 1. The Hall–Kier alpha value is -2.29. The van der Waals surface area contributed by atoms with Gasteiger partial charge in [-0.15, -0.1) is 0 Å². The van der Waals surface area contributed by atoms with E-state index in [1.807, 2.05) is 27.7 Å². The van der Waals surface area contributed by atoms with E-state index in [1.165, 1.54) is 6.07 Å². The molecule has 1 aliphatic rings. The second kappa shape index (κ2) is 9.29. The van der Waals surface area contributed by atoms with Crippen molar-refractivity contribution in [3.05, 3.63) is 29.1 Å². The molecule has 1 aliphatic heterocycles. The van der Waals surface area contributed by atoms with Crippen molar-refractivity contribution in [1.29, 1.82) is 0 Å². The molecule has 0 bridgehead atoms. The van der Waals surface area contributed by atoms with Gasteiger partial charge in [-0.1, -0.05) is 13.8 Å². The van der Waals surface area contributed by atoms with E-state index in [0.717, 1.165) is 0 Å². The molecule has 32 heavy (non-hydrogen) atoms. The first-order valence-corrected chi connectivity index (χ1v) is 10.9. The fourth-order valence-corrected chi connectivity index (χ4v) is 3.25. The number of carbonyl (C=O) groups is 2. The number of halogens is 1. The predicted octanol–water partition coefficient (Wildman–Crippen LogP) is 5.11. The molecule has 178 valence electrons. The average Bonchev–Trinajstić information content (AvgIpc) is 2.62. The number of hydrogen-bond acceptors (Lipinski definition) is 6. The monoisotopic (exact) mass is 451 g/mol. The molecule has 1 aromatic carbocycles. The third-order valence-corrected chi connectivity index (χ3v) is 5.78. The fraction of sp³-hybridized carbons (Fsp3) is 0.652. The van der Waals surface area contributed by atoms with Gasteiger partial charge in [0.05, 0.1) is 24.7 Å². The Bertz CT molecular complexity index is 865. The summed E-state index contributed by atoms with van der Waals surface area (Å²) in [6, 6.07) is 2.05. The zero-order valence-electron chi connectivity index (χ0n) is 20.6. The maximum atomic E-state index is 15.1. The lowest BCUT2D eigenvalue weighted by molar-refractivity contribution is -0.143. The van der Waals surface area contributed by atoms with Crippen LogP contribution in [0.2, 0.25) is 5.31 Å². The highest BCUT2D eigenvalue weighted by atomic mass is 19.1. The Balaban J connectivity index is 2.34. The van der Waals surface area contributed by atoms with Crippen LogP contribution in [0.4, 0.5) is 9.18 Å². The maximum absolute atomic E-state index is 15.1. The van der Waals surface area contributed by atoms with Crippen LogP contribution in [0.25, 0.3) is 0 Å². The van der Waals surface area contributed by atoms with Gasteiger partial charge in [-0.2, -0.15) is 0 Å². The molecule has 1 unspecified atom stereocenters. The number of hydrogen-bond donors (Lipinski definition) is 1. The molecule has 1 aromatic rings. The lowest BCUT2D eigenvalue weighted by Crippen LogP contribution is -2.64. The Kier molecular flexibility index (Phi) is 7.54. The molecule has 9 heteroatoms. The standard InChI is InChI=1S/C23H35BFNO6/c1-10-29-18(27)13-17(26-20(28)30-21(3,4)5)16-12-15(11-14(2)19(16)25)31-24-22(6,7)23(8,9)32-24/h11-12,17H,10,13H2,1-9H3,(H,26,28). The van der Waals surface area contributed by atoms with Gasteiger partial charge in [0.1, 0.15) is 17.2 Å². The van der Waals surface area contributed by atoms with Crippen molar-refractivity contribution in [2.45, 2.75) is 91.3 Å². The van der Waals surface area contributed by atoms with Crippen molar-refractivity contribution >= 4 is 19.2 Å². The predicted molar refractivity (Wildman–Crippen MR) is 120 cm³/mol. The van der Waals surface area contributed by atoms with Crippen LogP contribution in [0.3, 0.4) is 0 Å². The molecule has 1 heterocycles. The Morgan fingerprint density at radius 2 is 1.84 bits per heavy atom. The summed E-state index contributed by atoms with van der Waals surface area (Å²) in [6.45, 7) is 16.6. The molecule has 7 nitrogen and oxygen atoms in total. The Labute approximate surface area is 190 Å². The maximum Gasteiger partial charge on any atom is 0.534 e. The normalized spacial score (nSPS) is 17.8. The summed E-state index contributed by atoms with van der Waals surface area (Å²) in [5.41, 5.74) is -0.692. The number of benzene rings is 1. The van der Waals surface area contributed by atoms with E-state index in [4.69, 9.17) is 18.8 Å². The molecular formula is C23H35BFNO6. The largest absolute Gasteiger partial charge is 0.536 e. The minimum Gasteiger partial charge on any atom is -0.536 e. The van der Waals surface area contributed by atoms with E-state index < -0.39 is 36.6 Å². The lowest BCUT2D eigenvalue weighted by Gasteiger charge is -2.54. The summed E-state index contributed by atoms with van der Waals surface area (Å²) in [6.07, 6.45) is -1.02. The van der Waals surface area contributed by atoms with Crippen molar-refractivity contribution < 1.29 is 32.8 Å². The van der Waals surface area contributed by atoms with E-state index in [0.29, 0.717) is 11.3 Å². The Morgan fingerprint density at radius 1 is 1.22 bits per heavy atom. The van der Waals surface area contributed by atoms with Gasteiger partial charge < -0.3 is 24.1 Å². The van der Waals surface area contributed by atoms with E-state index in [2.05, 4.69) is 5.32 Å². The zero-order chi connectivity index (χ0) is 24.5. The first-order chi connectivity index (χ1) is 14.6. The Morgan fingerprint density at radius 3 is 2.34 bits per heavy atom. The first-order valence-electron chi connectivity index (χ1n) is 10.9. The molecule has 1 atom stereocenters. The average molecular weight is 451 g/mol. The zero-order valence-corrected chi connectivity index (χ0v) is 20.6. The fourth-order valence-electron chi connectivity index (χ4n) is 3.25. The molecule has 1 N–H and O–H groups in total. The molecule has 2 rings (SSSR count).